The van der Waals surface area contributed by atoms with Gasteiger partial charge < -0.3 is 10.6 Å². The molecule has 3 rings (SSSR count). The number of rotatable bonds is 4. The summed E-state index contributed by atoms with van der Waals surface area (Å²) in [6.07, 6.45) is -4.63. The number of nitrogens with zero attached hydrogens (tertiary/aromatic N) is 1. The van der Waals surface area contributed by atoms with Crippen LogP contribution >= 0.6 is 23.2 Å². The molecule has 1 heterocycles. The van der Waals surface area contributed by atoms with E-state index in [1.807, 2.05) is 0 Å². The number of nitrogens with one attached hydrogen (secondary N) is 2. The lowest BCUT2D eigenvalue weighted by Crippen LogP contribution is -2.42. The van der Waals surface area contributed by atoms with Crippen molar-refractivity contribution in [1.82, 2.24) is 10.2 Å². The van der Waals surface area contributed by atoms with Crippen LogP contribution in [0.5, 0.6) is 0 Å². The van der Waals surface area contributed by atoms with Crippen molar-refractivity contribution < 1.29 is 27.6 Å². The Bertz CT molecular complexity index is 1030. The molecule has 0 aromatic heterocycles. The lowest BCUT2D eigenvalue weighted by atomic mass is 9.92. The van der Waals surface area contributed by atoms with E-state index in [0.717, 1.165) is 12.1 Å². The Labute approximate surface area is 178 Å². The summed E-state index contributed by atoms with van der Waals surface area (Å²) in [7, 11) is 0. The minimum Gasteiger partial charge on any atom is -0.323 e. The van der Waals surface area contributed by atoms with Crippen LogP contribution in [0.4, 0.5) is 23.7 Å². The van der Waals surface area contributed by atoms with E-state index in [2.05, 4.69) is 10.6 Å². The van der Waals surface area contributed by atoms with Gasteiger partial charge in [-0.2, -0.15) is 13.2 Å². The Balaban J connectivity index is 1.77. The van der Waals surface area contributed by atoms with Gasteiger partial charge in [-0.25, -0.2) is 4.79 Å². The molecule has 2 aromatic carbocycles. The Morgan fingerprint density at radius 1 is 1.13 bits per heavy atom. The van der Waals surface area contributed by atoms with Crippen molar-refractivity contribution in [2.45, 2.75) is 18.6 Å². The fraction of sp³-hybridized carbons (Fsp3) is 0.211. The largest absolute Gasteiger partial charge is 0.416 e. The predicted octanol–water partition coefficient (Wildman–Crippen LogP) is 4.42. The van der Waals surface area contributed by atoms with Crippen molar-refractivity contribution >= 4 is 46.7 Å². The molecule has 30 heavy (non-hydrogen) atoms. The Morgan fingerprint density at radius 3 is 2.37 bits per heavy atom. The van der Waals surface area contributed by atoms with Crippen molar-refractivity contribution in [3.8, 4) is 0 Å². The van der Waals surface area contributed by atoms with Crippen LogP contribution in [0, 0.1) is 0 Å². The van der Waals surface area contributed by atoms with Crippen LogP contribution in [0.3, 0.4) is 0 Å². The molecular formula is C19H14Cl2F3N3O3. The summed E-state index contributed by atoms with van der Waals surface area (Å²) in [5, 5.41) is 5.03. The highest BCUT2D eigenvalue weighted by atomic mass is 35.5. The first-order valence-electron chi connectivity index (χ1n) is 8.48. The molecule has 158 valence electrons. The molecule has 1 saturated heterocycles. The van der Waals surface area contributed by atoms with E-state index in [9.17, 15) is 27.6 Å². The zero-order chi connectivity index (χ0) is 22.3. The normalized spacial score (nSPS) is 19.1. The van der Waals surface area contributed by atoms with Crippen LogP contribution in [-0.2, 0) is 21.3 Å². The van der Waals surface area contributed by atoms with Crippen LogP contribution in [-0.4, -0.2) is 29.3 Å². The quantitative estimate of drug-likeness (QED) is 0.664. The zero-order valence-electron chi connectivity index (χ0n) is 15.3. The molecular weight excluding hydrogens is 446 g/mol. The molecule has 1 aliphatic rings. The number of carbonyl (C=O) groups excluding carboxylic acids is 3. The first kappa shape index (κ1) is 21.9. The molecule has 11 heteroatoms. The van der Waals surface area contributed by atoms with Gasteiger partial charge in [0, 0.05) is 5.02 Å². The van der Waals surface area contributed by atoms with Gasteiger partial charge in [0.2, 0.25) is 5.91 Å². The van der Waals surface area contributed by atoms with Crippen molar-refractivity contribution in [1.29, 1.82) is 0 Å². The van der Waals surface area contributed by atoms with Gasteiger partial charge in [0.05, 0.1) is 16.3 Å². The number of hydrogen-bond acceptors (Lipinski definition) is 3. The van der Waals surface area contributed by atoms with Gasteiger partial charge in [-0.3, -0.25) is 14.5 Å². The second-order valence-corrected chi connectivity index (χ2v) is 7.54. The maximum absolute atomic E-state index is 12.9. The monoisotopic (exact) mass is 459 g/mol. The average molecular weight is 460 g/mol. The van der Waals surface area contributed by atoms with E-state index in [1.165, 1.54) is 6.92 Å². The van der Waals surface area contributed by atoms with Crippen LogP contribution in [0.15, 0.2) is 42.5 Å². The molecule has 1 unspecified atom stereocenters. The second kappa shape index (κ2) is 7.81. The lowest BCUT2D eigenvalue weighted by Gasteiger charge is -2.22. The molecule has 4 amide bonds. The van der Waals surface area contributed by atoms with Crippen LogP contribution in [0.2, 0.25) is 10.0 Å². The van der Waals surface area contributed by atoms with Crippen molar-refractivity contribution in [3.63, 3.8) is 0 Å². The molecule has 6 nitrogen and oxygen atoms in total. The van der Waals surface area contributed by atoms with Crippen molar-refractivity contribution in [2.75, 3.05) is 11.9 Å². The molecule has 0 aliphatic carbocycles. The highest BCUT2D eigenvalue weighted by molar-refractivity contribution is 6.33. The Morgan fingerprint density at radius 2 is 1.77 bits per heavy atom. The molecule has 2 N–H and O–H groups in total. The zero-order valence-corrected chi connectivity index (χ0v) is 16.8. The average Bonchev–Trinajstić information content (AvgIpc) is 2.87. The van der Waals surface area contributed by atoms with E-state index < -0.39 is 41.7 Å². The van der Waals surface area contributed by atoms with E-state index in [0.29, 0.717) is 21.6 Å². The van der Waals surface area contributed by atoms with Gasteiger partial charge in [-0.1, -0.05) is 35.3 Å². The molecule has 0 radical (unpaired) electrons. The number of benzene rings is 2. The molecule has 1 atom stereocenters. The summed E-state index contributed by atoms with van der Waals surface area (Å²) < 4.78 is 38.6. The maximum Gasteiger partial charge on any atom is 0.416 e. The molecule has 0 spiro atoms. The van der Waals surface area contributed by atoms with Crippen LogP contribution in [0.1, 0.15) is 18.1 Å². The van der Waals surface area contributed by atoms with Gasteiger partial charge in [0.1, 0.15) is 12.1 Å². The highest BCUT2D eigenvalue weighted by Crippen LogP contribution is 2.34. The van der Waals surface area contributed by atoms with Crippen molar-refractivity contribution in [2.24, 2.45) is 0 Å². The number of hydrogen-bond donors (Lipinski definition) is 2. The third-order valence-corrected chi connectivity index (χ3v) is 5.15. The summed E-state index contributed by atoms with van der Waals surface area (Å²) in [6.45, 7) is 0.762. The van der Waals surface area contributed by atoms with Crippen molar-refractivity contribution in [3.05, 3.63) is 63.6 Å². The summed E-state index contributed by atoms with van der Waals surface area (Å²) in [4.78, 5) is 38.1. The Kier molecular flexibility index (Phi) is 5.70. The highest BCUT2D eigenvalue weighted by Gasteiger charge is 2.49. The van der Waals surface area contributed by atoms with Crippen LogP contribution in [0.25, 0.3) is 0 Å². The topological polar surface area (TPSA) is 78.5 Å². The van der Waals surface area contributed by atoms with E-state index in [-0.39, 0.29) is 10.7 Å². The minimum atomic E-state index is -4.63. The minimum absolute atomic E-state index is 0.125. The fourth-order valence-corrected chi connectivity index (χ4v) is 3.24. The number of urea groups is 1. The first-order chi connectivity index (χ1) is 13.9. The summed E-state index contributed by atoms with van der Waals surface area (Å²) in [5.74, 6) is -1.58. The molecule has 1 fully saturated rings. The summed E-state index contributed by atoms with van der Waals surface area (Å²) in [5.41, 5.74) is -2.26. The van der Waals surface area contributed by atoms with Gasteiger partial charge in [0.25, 0.3) is 5.91 Å². The van der Waals surface area contributed by atoms with Gasteiger partial charge in [0.15, 0.2) is 0 Å². The SMILES string of the molecule is CC1(c2ccc(Cl)cc2)NC(=O)N(CC(=O)Nc2cc(C(F)(F)F)ccc2Cl)C1=O. The van der Waals surface area contributed by atoms with E-state index >= 15 is 0 Å². The molecule has 0 saturated carbocycles. The smallest absolute Gasteiger partial charge is 0.323 e. The van der Waals surface area contributed by atoms with Gasteiger partial charge >= 0.3 is 12.2 Å². The first-order valence-corrected chi connectivity index (χ1v) is 9.24. The summed E-state index contributed by atoms with van der Waals surface area (Å²) in [6, 6.07) is 7.84. The third kappa shape index (κ3) is 4.22. The number of amides is 4. The third-order valence-electron chi connectivity index (χ3n) is 4.57. The van der Waals surface area contributed by atoms with Gasteiger partial charge in [-0.15, -0.1) is 0 Å². The van der Waals surface area contributed by atoms with E-state index in [4.69, 9.17) is 23.2 Å². The number of carbonyl (C=O) groups is 3. The molecule has 1 aliphatic heterocycles. The van der Waals surface area contributed by atoms with E-state index in [1.54, 1.807) is 24.3 Å². The molecule has 2 aromatic rings. The standard InChI is InChI=1S/C19H14Cl2F3N3O3/c1-18(10-2-5-12(20)6-3-10)16(29)27(17(30)26-18)9-15(28)25-14-8-11(19(22,23)24)4-7-13(14)21/h2-8H,9H2,1H3,(H,25,28)(H,26,30). The number of anilines is 1. The fourth-order valence-electron chi connectivity index (χ4n) is 2.95. The van der Waals surface area contributed by atoms with Crippen LogP contribution < -0.4 is 10.6 Å². The van der Waals surface area contributed by atoms with Gasteiger partial charge in [-0.05, 0) is 42.8 Å². The lowest BCUT2D eigenvalue weighted by molar-refractivity contribution is -0.137. The number of alkyl halides is 3. The maximum atomic E-state index is 12.9. The Hall–Kier alpha value is -2.78. The second-order valence-electron chi connectivity index (χ2n) is 6.69. The number of imide groups is 1. The number of halogens is 5. The predicted molar refractivity (Wildman–Crippen MR) is 104 cm³/mol. The summed E-state index contributed by atoms with van der Waals surface area (Å²) >= 11 is 11.7. The molecule has 0 bridgehead atoms.